The monoisotopic (exact) mass is 805 g/mol. The summed E-state index contributed by atoms with van der Waals surface area (Å²) in [4.78, 5) is 7.91. The van der Waals surface area contributed by atoms with Crippen molar-refractivity contribution in [3.05, 3.63) is 124 Å². The molecule has 0 aliphatic rings. The third-order valence-corrected chi connectivity index (χ3v) is 9.52. The van der Waals surface area contributed by atoms with E-state index in [9.17, 15) is 54.2 Å². The molecule has 0 spiro atoms. The fourth-order valence-electron chi connectivity index (χ4n) is 4.55. The molecule has 5 rings (SSSR count). The summed E-state index contributed by atoms with van der Waals surface area (Å²) in [6.45, 7) is 0. The van der Waals surface area contributed by atoms with Crippen LogP contribution in [-0.4, -0.2) is 48.7 Å². The maximum Gasteiger partial charge on any atom is 1.00 e. The van der Waals surface area contributed by atoms with E-state index < -0.39 is 55.7 Å². The van der Waals surface area contributed by atoms with Crippen molar-refractivity contribution in [3.63, 3.8) is 0 Å². The van der Waals surface area contributed by atoms with Gasteiger partial charge in [-0.3, -0.25) is 10.1 Å². The minimum atomic E-state index is -5.25. The van der Waals surface area contributed by atoms with Gasteiger partial charge in [0, 0.05) is 40.2 Å². The molecule has 0 radical (unpaired) electrons. The summed E-state index contributed by atoms with van der Waals surface area (Å²) in [5, 5.41) is 37.3. The van der Waals surface area contributed by atoms with E-state index in [1.54, 1.807) is 24.3 Å². The van der Waals surface area contributed by atoms with Gasteiger partial charge in [0.2, 0.25) is 5.69 Å². The first-order valence-corrected chi connectivity index (χ1v) is 17.8. The first-order chi connectivity index (χ1) is 23.4. The number of nitro benzene ring substituents is 1. The maximum atomic E-state index is 13.1. The Hall–Kier alpha value is -2.77. The number of hydrogen-bond acceptors (Lipinski definition) is 15. The van der Waals surface area contributed by atoms with E-state index in [2.05, 4.69) is 15.3 Å². The number of fused-ring (bicyclic) bond motifs is 1. The Morgan fingerprint density at radius 1 is 0.547 bits per heavy atom. The maximum absolute atomic E-state index is 13.1. The molecule has 256 valence electrons. The van der Waals surface area contributed by atoms with E-state index in [4.69, 9.17) is 0 Å². The summed E-state index contributed by atoms with van der Waals surface area (Å²) in [6, 6.07) is 19.6. The van der Waals surface area contributed by atoms with Crippen LogP contribution in [0.15, 0.2) is 127 Å². The average molecular weight is 806 g/mol. The SMILES string of the molecule is O=[N+]([O-])c1ccc(/C=C/c2ccc([N+]([O-])=Nc3ccc(N=Nc4ccc(S(=O)(=O)[O-])cc4)c4ccccc34)cc2S(=O)(=O)[O-])c(S(=O)(=O)[O-])c1.[Na+].[Na+].[Na+]. The standard InChI is InChI=1S/C30H21N5O12S3.3Na/c36-34(33-28-16-15-27(25-3-1-2-4-26(25)28)32-31-21-9-13-24(14-10-21)48(39,40)41)22-11-7-19(29(17-22)49(42,43)44)5-6-20-8-12-23(35(37)38)18-30(20)50(45,46)47;;;/h1-18H,(H,39,40,41)(H,42,43,44)(H,45,46,47);;;/q;3*+1/p-3/b6-5+,32-31?,34-33?;;;. The van der Waals surface area contributed by atoms with Gasteiger partial charge < -0.3 is 18.9 Å². The normalized spacial score (nSPS) is 12.2. The van der Waals surface area contributed by atoms with Gasteiger partial charge in [0.1, 0.15) is 36.0 Å². The minimum Gasteiger partial charge on any atom is -0.744 e. The Balaban J connectivity index is 0.00000324. The zero-order valence-electron chi connectivity index (χ0n) is 27.8. The van der Waals surface area contributed by atoms with E-state index >= 15 is 0 Å². The summed E-state index contributed by atoms with van der Waals surface area (Å²) < 4.78 is 105. The van der Waals surface area contributed by atoms with Crippen molar-refractivity contribution in [1.29, 1.82) is 0 Å². The predicted molar refractivity (Wildman–Crippen MR) is 172 cm³/mol. The summed E-state index contributed by atoms with van der Waals surface area (Å²) in [5.74, 6) is 0. The van der Waals surface area contributed by atoms with Crippen LogP contribution in [0.4, 0.5) is 28.4 Å². The van der Waals surface area contributed by atoms with E-state index in [1.807, 2.05) is 0 Å². The molecule has 5 aromatic rings. The molecule has 5 aromatic carbocycles. The van der Waals surface area contributed by atoms with Crippen molar-refractivity contribution in [2.24, 2.45) is 15.3 Å². The molecular weight excluding hydrogens is 788 g/mol. The summed E-state index contributed by atoms with van der Waals surface area (Å²) in [7, 11) is -15.1. The number of non-ortho nitro benzene ring substituents is 1. The van der Waals surface area contributed by atoms with Gasteiger partial charge in [0.05, 0.1) is 31.0 Å². The third-order valence-electron chi connectivity index (χ3n) is 6.88. The molecular formula is C30H18N5Na3O12S3. The fourth-order valence-corrected chi connectivity index (χ4v) is 6.40. The number of nitro groups is 1. The van der Waals surface area contributed by atoms with Crippen molar-refractivity contribution >= 4 is 81.7 Å². The van der Waals surface area contributed by atoms with Crippen LogP contribution in [0.5, 0.6) is 0 Å². The molecule has 0 heterocycles. The molecule has 17 nitrogen and oxygen atoms in total. The molecule has 0 aliphatic carbocycles. The van der Waals surface area contributed by atoms with Crippen molar-refractivity contribution < 1.29 is 137 Å². The fraction of sp³-hybridized carbons (Fsp3) is 0. The molecule has 0 fully saturated rings. The Morgan fingerprint density at radius 2 is 1.02 bits per heavy atom. The third kappa shape index (κ3) is 11.6. The van der Waals surface area contributed by atoms with Crippen LogP contribution in [0.25, 0.3) is 22.9 Å². The molecule has 0 aliphatic heterocycles. The molecule has 0 saturated carbocycles. The largest absolute Gasteiger partial charge is 1.00 e. The van der Waals surface area contributed by atoms with E-state index in [1.165, 1.54) is 24.3 Å². The smallest absolute Gasteiger partial charge is 0.744 e. The summed E-state index contributed by atoms with van der Waals surface area (Å²) >= 11 is 0. The van der Waals surface area contributed by atoms with Crippen molar-refractivity contribution in [3.8, 4) is 0 Å². The zero-order valence-corrected chi connectivity index (χ0v) is 36.2. The van der Waals surface area contributed by atoms with Gasteiger partial charge in [0.15, 0.2) is 0 Å². The number of benzene rings is 5. The molecule has 0 N–H and O–H groups in total. The van der Waals surface area contributed by atoms with Crippen LogP contribution in [0.3, 0.4) is 0 Å². The molecule has 0 unspecified atom stereocenters. The van der Waals surface area contributed by atoms with E-state index in [0.29, 0.717) is 22.5 Å². The van der Waals surface area contributed by atoms with E-state index in [0.717, 1.165) is 54.6 Å². The molecule has 53 heavy (non-hydrogen) atoms. The van der Waals surface area contributed by atoms with Crippen LogP contribution in [0.1, 0.15) is 11.1 Å². The van der Waals surface area contributed by atoms with Crippen molar-refractivity contribution in [1.82, 2.24) is 0 Å². The van der Waals surface area contributed by atoms with Gasteiger partial charge >= 0.3 is 88.7 Å². The molecule has 0 atom stereocenters. The quantitative estimate of drug-likeness (QED) is 0.0260. The van der Waals surface area contributed by atoms with Gasteiger partial charge in [-0.25, -0.2) is 25.3 Å². The number of nitrogens with zero attached hydrogens (tertiary/aromatic N) is 5. The predicted octanol–water partition coefficient (Wildman–Crippen LogP) is -3.02. The summed E-state index contributed by atoms with van der Waals surface area (Å²) in [5.41, 5.74) is -1.01. The summed E-state index contributed by atoms with van der Waals surface area (Å²) in [6.07, 6.45) is 1.95. The zero-order chi connectivity index (χ0) is 36.4. The Kier molecular flexibility index (Phi) is 16.4. The van der Waals surface area contributed by atoms with E-state index in [-0.39, 0.29) is 122 Å². The van der Waals surface area contributed by atoms with Crippen LogP contribution in [0, 0.1) is 15.3 Å². The number of rotatable bonds is 10. The van der Waals surface area contributed by atoms with Crippen molar-refractivity contribution in [2.45, 2.75) is 14.7 Å². The van der Waals surface area contributed by atoms with Gasteiger partial charge in [-0.15, -0.1) is 5.11 Å². The molecule has 0 saturated heterocycles. The number of azo groups is 2. The Morgan fingerprint density at radius 3 is 1.51 bits per heavy atom. The van der Waals surface area contributed by atoms with Crippen LogP contribution in [0.2, 0.25) is 0 Å². The van der Waals surface area contributed by atoms with Crippen molar-refractivity contribution in [2.75, 3.05) is 0 Å². The first-order valence-electron chi connectivity index (χ1n) is 13.6. The van der Waals surface area contributed by atoms with Gasteiger partial charge in [0.25, 0.3) is 5.69 Å². The number of hydrogen-bond donors (Lipinski definition) is 0. The second-order valence-electron chi connectivity index (χ2n) is 10.1. The topological polar surface area (TPSA) is 278 Å². The molecule has 0 bridgehead atoms. The molecule has 0 aromatic heterocycles. The Labute approximate surface area is 368 Å². The Bertz CT molecular complexity index is 2620. The average Bonchev–Trinajstić information content (AvgIpc) is 3.05. The van der Waals surface area contributed by atoms with Gasteiger partial charge in [-0.05, 0) is 59.7 Å². The second-order valence-corrected chi connectivity index (χ2v) is 14.2. The molecule has 23 heteroatoms. The van der Waals surface area contributed by atoms with Gasteiger partial charge in [-0.2, -0.15) is 5.11 Å². The van der Waals surface area contributed by atoms with Crippen LogP contribution < -0.4 is 88.7 Å². The molecule has 0 amide bonds. The van der Waals surface area contributed by atoms with Crippen LogP contribution >= 0.6 is 0 Å². The first kappa shape index (κ1) is 46.4. The van der Waals surface area contributed by atoms with Gasteiger partial charge in [-0.1, -0.05) is 41.3 Å². The van der Waals surface area contributed by atoms with Crippen LogP contribution in [-0.2, 0) is 30.4 Å². The second kappa shape index (κ2) is 18.7. The minimum absolute atomic E-state index is 0.